The van der Waals surface area contributed by atoms with Crippen LogP contribution in [-0.2, 0) is 53.0 Å². The van der Waals surface area contributed by atoms with Crippen molar-refractivity contribution in [1.82, 2.24) is 0 Å². The van der Waals surface area contributed by atoms with Crippen LogP contribution in [-0.4, -0.2) is 68.4 Å². The van der Waals surface area contributed by atoms with Crippen molar-refractivity contribution >= 4 is 11.9 Å². The van der Waals surface area contributed by atoms with Crippen molar-refractivity contribution in [2.45, 2.75) is 96.5 Å². The molecule has 0 radical (unpaired) electrons. The number of carbonyl (C=O) groups excluding carboxylic acids is 2. The molecule has 0 N–H and O–H groups in total. The number of esters is 2. The Bertz CT molecular complexity index is 1720. The molecule has 288 valence electrons. The summed E-state index contributed by atoms with van der Waals surface area (Å²) in [6.45, 7) is 8.50. The molecule has 1 aliphatic rings. The Morgan fingerprint density at radius 2 is 1.17 bits per heavy atom. The first-order valence-corrected chi connectivity index (χ1v) is 18.4. The summed E-state index contributed by atoms with van der Waals surface area (Å²) in [6.07, 6.45) is -0.728. The van der Waals surface area contributed by atoms with Crippen molar-refractivity contribution in [3.8, 4) is 11.5 Å². The van der Waals surface area contributed by atoms with E-state index in [1.54, 1.807) is 32.9 Å². The molecule has 0 saturated carbocycles. The van der Waals surface area contributed by atoms with Gasteiger partial charge in [0.05, 0.1) is 51.3 Å². The Balaban J connectivity index is 1.30. The van der Waals surface area contributed by atoms with Crippen LogP contribution >= 0.6 is 0 Å². The van der Waals surface area contributed by atoms with Crippen molar-refractivity contribution < 1.29 is 47.5 Å². The summed E-state index contributed by atoms with van der Waals surface area (Å²) < 4.78 is 48.8. The molecule has 0 aliphatic carbocycles. The summed E-state index contributed by atoms with van der Waals surface area (Å²) in [5.74, 6) is -0.419. The van der Waals surface area contributed by atoms with E-state index in [1.165, 1.54) is 13.2 Å². The second kappa shape index (κ2) is 20.1. The first-order valence-electron chi connectivity index (χ1n) is 18.4. The van der Waals surface area contributed by atoms with Crippen LogP contribution in [0.15, 0.2) is 109 Å². The lowest BCUT2D eigenvalue weighted by Crippen LogP contribution is -2.59. The number of benzene rings is 4. The van der Waals surface area contributed by atoms with E-state index in [1.807, 2.05) is 97.9 Å². The summed E-state index contributed by atoms with van der Waals surface area (Å²) >= 11 is 0. The molecular weight excluding hydrogens is 688 g/mol. The zero-order valence-electron chi connectivity index (χ0n) is 31.8. The maximum Gasteiger partial charge on any atom is 0.344 e. The molecule has 1 fully saturated rings. The molecule has 54 heavy (non-hydrogen) atoms. The van der Waals surface area contributed by atoms with Crippen LogP contribution < -0.4 is 9.47 Å². The minimum atomic E-state index is -0.655. The van der Waals surface area contributed by atoms with Crippen molar-refractivity contribution in [3.05, 3.63) is 131 Å². The van der Waals surface area contributed by atoms with Crippen LogP contribution in [0.3, 0.4) is 0 Å². The zero-order valence-corrected chi connectivity index (χ0v) is 31.8. The van der Waals surface area contributed by atoms with E-state index in [4.69, 9.17) is 37.9 Å². The molecule has 4 unspecified atom stereocenters. The molecule has 1 saturated heterocycles. The standard InChI is InChI=1S/C44H52O10/c1-31-40(50-27-32-16-9-6-10-17-32)42(52-29-34-20-13-8-14-21-34)41(51-28-33-18-11-7-12-19-33)38(53-31)22-15-23-48-36-24-35(43(46)47-5)25-37(26-36)49-30-39(45)54-44(2,3)4/h6-14,16-21,24-26,31,38,40-42H,15,22-23,27-30H2,1-5H3/t31?,38?,40-,41?,42?/m0/s1. The summed E-state index contributed by atoms with van der Waals surface area (Å²) in [5, 5.41) is 0. The zero-order chi connectivity index (χ0) is 38.3. The molecule has 0 spiro atoms. The Hall–Kier alpha value is -4.74. The van der Waals surface area contributed by atoms with E-state index < -0.39 is 35.9 Å². The third-order valence-corrected chi connectivity index (χ3v) is 8.70. The highest BCUT2D eigenvalue weighted by Crippen LogP contribution is 2.33. The summed E-state index contributed by atoms with van der Waals surface area (Å²) in [4.78, 5) is 24.7. The normalized spacial score (nSPS) is 19.8. The minimum absolute atomic E-state index is 0.230. The van der Waals surface area contributed by atoms with Crippen LogP contribution in [0.25, 0.3) is 0 Å². The number of hydrogen-bond donors (Lipinski definition) is 0. The van der Waals surface area contributed by atoms with E-state index in [2.05, 4.69) is 0 Å². The average Bonchev–Trinajstić information content (AvgIpc) is 3.17. The maximum atomic E-state index is 12.5. The van der Waals surface area contributed by atoms with Crippen LogP contribution in [0.2, 0.25) is 0 Å². The van der Waals surface area contributed by atoms with Gasteiger partial charge in [0, 0.05) is 6.07 Å². The molecule has 0 aromatic heterocycles. The highest BCUT2D eigenvalue weighted by Gasteiger charge is 2.46. The molecule has 1 aliphatic heterocycles. The number of rotatable bonds is 18. The molecule has 10 nitrogen and oxygen atoms in total. The highest BCUT2D eigenvalue weighted by molar-refractivity contribution is 5.90. The molecule has 10 heteroatoms. The molecule has 4 aromatic carbocycles. The van der Waals surface area contributed by atoms with E-state index >= 15 is 0 Å². The number of carbonyl (C=O) groups is 2. The SMILES string of the molecule is COC(=O)c1cc(OCCCC2OC(C)[C@H](OCc3ccccc3)C(OCc3ccccc3)C2OCc2ccccc2)cc(OCC(=O)OC(C)(C)C)c1. The van der Waals surface area contributed by atoms with Crippen molar-refractivity contribution in [2.75, 3.05) is 20.3 Å². The molecule has 4 aromatic rings. The lowest BCUT2D eigenvalue weighted by molar-refractivity contribution is -0.262. The van der Waals surface area contributed by atoms with Gasteiger partial charge in [-0.15, -0.1) is 0 Å². The van der Waals surface area contributed by atoms with Gasteiger partial charge in [-0.1, -0.05) is 91.0 Å². The number of methoxy groups -OCH3 is 1. The number of hydrogen-bond acceptors (Lipinski definition) is 10. The molecule has 0 bridgehead atoms. The van der Waals surface area contributed by atoms with E-state index in [9.17, 15) is 9.59 Å². The first-order chi connectivity index (χ1) is 26.1. The highest BCUT2D eigenvalue weighted by atomic mass is 16.6. The Morgan fingerprint density at radius 1 is 0.667 bits per heavy atom. The predicted octanol–water partition coefficient (Wildman–Crippen LogP) is 7.90. The monoisotopic (exact) mass is 740 g/mol. The van der Waals surface area contributed by atoms with Crippen LogP contribution in [0.4, 0.5) is 0 Å². The largest absolute Gasteiger partial charge is 0.493 e. The van der Waals surface area contributed by atoms with Crippen molar-refractivity contribution in [3.63, 3.8) is 0 Å². The predicted molar refractivity (Wildman–Crippen MR) is 203 cm³/mol. The number of ether oxygens (including phenoxy) is 8. The quantitative estimate of drug-likeness (QED) is 0.0738. The molecular formula is C44H52O10. The Morgan fingerprint density at radius 3 is 1.69 bits per heavy atom. The Labute approximate surface area is 318 Å². The van der Waals surface area contributed by atoms with E-state index in [0.717, 1.165) is 16.7 Å². The summed E-state index contributed by atoms with van der Waals surface area (Å²) in [7, 11) is 1.30. The minimum Gasteiger partial charge on any atom is -0.493 e. The van der Waals surface area contributed by atoms with Crippen LogP contribution in [0.1, 0.15) is 67.6 Å². The van der Waals surface area contributed by atoms with E-state index in [-0.39, 0.29) is 30.1 Å². The second-order valence-electron chi connectivity index (χ2n) is 14.2. The molecule has 5 atom stereocenters. The second-order valence-corrected chi connectivity index (χ2v) is 14.2. The van der Waals surface area contributed by atoms with Crippen molar-refractivity contribution in [2.24, 2.45) is 0 Å². The van der Waals surface area contributed by atoms with E-state index in [0.29, 0.717) is 45.0 Å². The van der Waals surface area contributed by atoms with Gasteiger partial charge >= 0.3 is 11.9 Å². The van der Waals surface area contributed by atoms with Gasteiger partial charge in [0.1, 0.15) is 35.4 Å². The van der Waals surface area contributed by atoms with Gasteiger partial charge in [0.25, 0.3) is 0 Å². The van der Waals surface area contributed by atoms with Crippen molar-refractivity contribution in [1.29, 1.82) is 0 Å². The molecule has 5 rings (SSSR count). The summed E-state index contributed by atoms with van der Waals surface area (Å²) in [5.41, 5.74) is 2.72. The van der Waals surface area contributed by atoms with Gasteiger partial charge in [0.15, 0.2) is 6.61 Å². The lowest BCUT2D eigenvalue weighted by Gasteiger charge is -2.45. The summed E-state index contributed by atoms with van der Waals surface area (Å²) in [6, 6.07) is 34.9. The fourth-order valence-electron chi connectivity index (χ4n) is 6.21. The van der Waals surface area contributed by atoms with Gasteiger partial charge in [-0.3, -0.25) is 0 Å². The van der Waals surface area contributed by atoms with Gasteiger partial charge < -0.3 is 37.9 Å². The first kappa shape index (κ1) is 40.4. The third kappa shape index (κ3) is 12.7. The fourth-order valence-corrected chi connectivity index (χ4v) is 6.21. The average molecular weight is 741 g/mol. The van der Waals surface area contributed by atoms with Crippen LogP contribution in [0, 0.1) is 0 Å². The lowest BCUT2D eigenvalue weighted by atomic mass is 9.92. The fraction of sp³-hybridized carbons (Fsp3) is 0.409. The topological polar surface area (TPSA) is 108 Å². The van der Waals surface area contributed by atoms with Gasteiger partial charge in [-0.25, -0.2) is 9.59 Å². The smallest absolute Gasteiger partial charge is 0.344 e. The molecule has 1 heterocycles. The molecule has 0 amide bonds. The third-order valence-electron chi connectivity index (χ3n) is 8.70. The van der Waals surface area contributed by atoms with Crippen LogP contribution in [0.5, 0.6) is 11.5 Å². The van der Waals surface area contributed by atoms with Gasteiger partial charge in [-0.2, -0.15) is 0 Å². The van der Waals surface area contributed by atoms with Gasteiger partial charge in [-0.05, 0) is 69.4 Å². The van der Waals surface area contributed by atoms with Gasteiger partial charge in [0.2, 0.25) is 0 Å². The Kier molecular flexibility index (Phi) is 15.0. The maximum absolute atomic E-state index is 12.5.